The first kappa shape index (κ1) is 15.6. The van der Waals surface area contributed by atoms with Crippen LogP contribution in [0, 0.1) is 0 Å². The molecule has 0 heterocycles. The van der Waals surface area contributed by atoms with Gasteiger partial charge in [-0.3, -0.25) is 0 Å². The van der Waals surface area contributed by atoms with Gasteiger partial charge in [0.25, 0.3) is 0 Å². The van der Waals surface area contributed by atoms with Crippen molar-refractivity contribution >= 4 is 5.97 Å². The molecule has 0 N–H and O–H groups in total. The molecule has 3 aromatic carbocycles. The Morgan fingerprint density at radius 2 is 1.29 bits per heavy atom. The van der Waals surface area contributed by atoms with Gasteiger partial charge in [0.1, 0.15) is 28.6 Å². The van der Waals surface area contributed by atoms with Crippen LogP contribution in [0.5, 0.6) is 23.0 Å². The molecule has 3 rings (SSSR count). The van der Waals surface area contributed by atoms with Gasteiger partial charge in [0, 0.05) is 6.07 Å². The maximum Gasteiger partial charge on any atom is 0.341 e. The average molecular weight is 320 g/mol. The van der Waals surface area contributed by atoms with Crippen molar-refractivity contribution < 1.29 is 19.0 Å². The summed E-state index contributed by atoms with van der Waals surface area (Å²) in [6, 6.07) is 23.6. The van der Waals surface area contributed by atoms with Gasteiger partial charge in [-0.05, 0) is 36.4 Å². The van der Waals surface area contributed by atoms with Crippen molar-refractivity contribution in [3.63, 3.8) is 0 Å². The number of esters is 1. The van der Waals surface area contributed by atoms with E-state index in [0.29, 0.717) is 28.6 Å². The van der Waals surface area contributed by atoms with E-state index in [-0.39, 0.29) is 0 Å². The van der Waals surface area contributed by atoms with Gasteiger partial charge in [-0.15, -0.1) is 0 Å². The first-order valence-corrected chi connectivity index (χ1v) is 7.44. The molecular weight excluding hydrogens is 304 g/mol. The molecule has 0 spiro atoms. The van der Waals surface area contributed by atoms with Crippen LogP contribution in [0.4, 0.5) is 0 Å². The molecule has 120 valence electrons. The molecule has 0 amide bonds. The van der Waals surface area contributed by atoms with Crippen molar-refractivity contribution in [2.45, 2.75) is 0 Å². The minimum absolute atomic E-state index is 0.335. The average Bonchev–Trinajstić information content (AvgIpc) is 2.63. The Morgan fingerprint density at radius 3 is 1.88 bits per heavy atom. The summed E-state index contributed by atoms with van der Waals surface area (Å²) < 4.78 is 16.4. The molecule has 0 atom stereocenters. The van der Waals surface area contributed by atoms with Crippen molar-refractivity contribution in [3.8, 4) is 23.0 Å². The molecular formula is C20H16O4. The van der Waals surface area contributed by atoms with Gasteiger partial charge >= 0.3 is 5.97 Å². The first-order chi connectivity index (χ1) is 11.8. The lowest BCUT2D eigenvalue weighted by Crippen LogP contribution is -2.04. The summed E-state index contributed by atoms with van der Waals surface area (Å²) in [5, 5.41) is 0. The first-order valence-electron chi connectivity index (χ1n) is 7.44. The second-order valence-electron chi connectivity index (χ2n) is 4.98. The largest absolute Gasteiger partial charge is 0.465 e. The van der Waals surface area contributed by atoms with E-state index in [4.69, 9.17) is 14.2 Å². The number of carbonyl (C=O) groups is 1. The molecule has 0 saturated carbocycles. The molecule has 0 aliphatic carbocycles. The highest BCUT2D eigenvalue weighted by molar-refractivity contribution is 5.92. The highest BCUT2D eigenvalue weighted by Crippen LogP contribution is 2.32. The molecule has 0 aliphatic rings. The molecule has 4 heteroatoms. The molecule has 24 heavy (non-hydrogen) atoms. The predicted molar refractivity (Wildman–Crippen MR) is 90.8 cm³/mol. The van der Waals surface area contributed by atoms with Crippen LogP contribution in [0.25, 0.3) is 0 Å². The van der Waals surface area contributed by atoms with Crippen LogP contribution in [-0.2, 0) is 4.74 Å². The highest BCUT2D eigenvalue weighted by atomic mass is 16.5. The monoisotopic (exact) mass is 320 g/mol. The summed E-state index contributed by atoms with van der Waals surface area (Å²) in [5.74, 6) is 1.81. The van der Waals surface area contributed by atoms with E-state index in [9.17, 15) is 4.79 Å². The lowest BCUT2D eigenvalue weighted by Gasteiger charge is -2.12. The maximum atomic E-state index is 12.0. The number of benzene rings is 3. The fourth-order valence-electron chi connectivity index (χ4n) is 2.17. The summed E-state index contributed by atoms with van der Waals surface area (Å²) in [4.78, 5) is 12.0. The molecule has 0 unspecified atom stereocenters. The molecule has 0 aromatic heterocycles. The second-order valence-corrected chi connectivity index (χ2v) is 4.98. The minimum Gasteiger partial charge on any atom is -0.465 e. The third-order valence-electron chi connectivity index (χ3n) is 3.31. The van der Waals surface area contributed by atoms with E-state index in [1.54, 1.807) is 18.2 Å². The summed E-state index contributed by atoms with van der Waals surface area (Å²) >= 11 is 0. The van der Waals surface area contributed by atoms with Crippen molar-refractivity contribution in [2.75, 3.05) is 7.11 Å². The number of rotatable bonds is 5. The molecule has 3 aromatic rings. The van der Waals surface area contributed by atoms with Crippen LogP contribution in [0.15, 0.2) is 78.9 Å². The van der Waals surface area contributed by atoms with Gasteiger partial charge in [-0.25, -0.2) is 4.79 Å². The molecule has 0 bridgehead atoms. The van der Waals surface area contributed by atoms with Crippen LogP contribution in [0.3, 0.4) is 0 Å². The van der Waals surface area contributed by atoms with Crippen LogP contribution < -0.4 is 9.47 Å². The van der Waals surface area contributed by atoms with Crippen molar-refractivity contribution in [1.82, 2.24) is 0 Å². The highest BCUT2D eigenvalue weighted by Gasteiger charge is 2.15. The summed E-state index contributed by atoms with van der Waals surface area (Å²) in [7, 11) is 1.34. The Bertz CT molecular complexity index is 814. The molecule has 4 nitrogen and oxygen atoms in total. The zero-order valence-corrected chi connectivity index (χ0v) is 13.1. The standard InChI is InChI=1S/C20H16O4/c1-22-20(21)18-13-12-17(23-15-8-4-2-5-9-15)14-19(18)24-16-10-6-3-7-11-16/h2-14H,1H3. The maximum absolute atomic E-state index is 12.0. The van der Waals surface area contributed by atoms with Crippen molar-refractivity contribution in [3.05, 3.63) is 84.4 Å². The molecule has 0 saturated heterocycles. The Kier molecular flexibility index (Phi) is 4.77. The summed E-state index contributed by atoms with van der Waals surface area (Å²) in [6.45, 7) is 0. The van der Waals surface area contributed by atoms with E-state index in [0.717, 1.165) is 0 Å². The Balaban J connectivity index is 1.93. The SMILES string of the molecule is COC(=O)c1ccc(Oc2ccccc2)cc1Oc1ccccc1. The van der Waals surface area contributed by atoms with Gasteiger partial charge < -0.3 is 14.2 Å². The van der Waals surface area contributed by atoms with Crippen LogP contribution in [-0.4, -0.2) is 13.1 Å². The van der Waals surface area contributed by atoms with E-state index >= 15 is 0 Å². The predicted octanol–water partition coefficient (Wildman–Crippen LogP) is 5.06. The zero-order chi connectivity index (χ0) is 16.8. The minimum atomic E-state index is -0.466. The third-order valence-corrected chi connectivity index (χ3v) is 3.31. The number of carbonyl (C=O) groups excluding carboxylic acids is 1. The lowest BCUT2D eigenvalue weighted by atomic mass is 10.2. The zero-order valence-electron chi connectivity index (χ0n) is 13.1. The number of ether oxygens (including phenoxy) is 3. The van der Waals surface area contributed by atoms with E-state index < -0.39 is 5.97 Å². The van der Waals surface area contributed by atoms with Gasteiger partial charge in [-0.1, -0.05) is 36.4 Å². The number of hydrogen-bond donors (Lipinski definition) is 0. The smallest absolute Gasteiger partial charge is 0.341 e. The van der Waals surface area contributed by atoms with Gasteiger partial charge in [0.15, 0.2) is 0 Å². The van der Waals surface area contributed by atoms with Gasteiger partial charge in [0.05, 0.1) is 7.11 Å². The van der Waals surface area contributed by atoms with Crippen molar-refractivity contribution in [1.29, 1.82) is 0 Å². The summed E-state index contributed by atoms with van der Waals surface area (Å²) in [5.41, 5.74) is 0.335. The van der Waals surface area contributed by atoms with Crippen LogP contribution >= 0.6 is 0 Å². The fourth-order valence-corrected chi connectivity index (χ4v) is 2.17. The number of para-hydroxylation sites is 2. The molecule has 0 fully saturated rings. The van der Waals surface area contributed by atoms with Crippen LogP contribution in [0.2, 0.25) is 0 Å². The molecule has 0 aliphatic heterocycles. The Labute approximate surface area is 140 Å². The fraction of sp³-hybridized carbons (Fsp3) is 0.0500. The number of hydrogen-bond acceptors (Lipinski definition) is 4. The number of methoxy groups -OCH3 is 1. The summed E-state index contributed by atoms with van der Waals surface area (Å²) in [6.07, 6.45) is 0. The van der Waals surface area contributed by atoms with Crippen LogP contribution in [0.1, 0.15) is 10.4 Å². The van der Waals surface area contributed by atoms with Crippen molar-refractivity contribution in [2.24, 2.45) is 0 Å². The Hall–Kier alpha value is -3.27. The Morgan fingerprint density at radius 1 is 0.708 bits per heavy atom. The van der Waals surface area contributed by atoms with E-state index in [2.05, 4.69) is 0 Å². The van der Waals surface area contributed by atoms with E-state index in [1.807, 2.05) is 60.7 Å². The normalized spacial score (nSPS) is 10.0. The van der Waals surface area contributed by atoms with Gasteiger partial charge in [-0.2, -0.15) is 0 Å². The quantitative estimate of drug-likeness (QED) is 0.617. The van der Waals surface area contributed by atoms with Gasteiger partial charge in [0.2, 0.25) is 0 Å². The third kappa shape index (κ3) is 3.73. The lowest BCUT2D eigenvalue weighted by molar-refractivity contribution is 0.0598. The second kappa shape index (κ2) is 7.33. The van der Waals surface area contributed by atoms with E-state index in [1.165, 1.54) is 7.11 Å². The molecule has 0 radical (unpaired) electrons. The topological polar surface area (TPSA) is 44.8 Å².